The Morgan fingerprint density at radius 2 is 0.487 bits per heavy atom. The van der Waals surface area contributed by atoms with Crippen LogP contribution in [-0.4, -0.2) is 37.2 Å². The first kappa shape index (κ1) is 75.8. The molecular formula is C74H124O6. The molecule has 0 aliphatic heterocycles. The van der Waals surface area contributed by atoms with Crippen molar-refractivity contribution in [3.8, 4) is 0 Å². The van der Waals surface area contributed by atoms with E-state index in [1.54, 1.807) is 0 Å². The van der Waals surface area contributed by atoms with Gasteiger partial charge in [-0.3, -0.25) is 14.4 Å². The Labute approximate surface area is 494 Å². The summed E-state index contributed by atoms with van der Waals surface area (Å²) < 4.78 is 16.9. The number of ether oxygens (including phenoxy) is 3. The highest BCUT2D eigenvalue weighted by Gasteiger charge is 2.19. The van der Waals surface area contributed by atoms with E-state index < -0.39 is 6.10 Å². The van der Waals surface area contributed by atoms with Gasteiger partial charge in [0.15, 0.2) is 6.10 Å². The van der Waals surface area contributed by atoms with Crippen molar-refractivity contribution in [3.63, 3.8) is 0 Å². The Balaban J connectivity index is 4.45. The van der Waals surface area contributed by atoms with E-state index in [-0.39, 0.29) is 31.1 Å². The third-order valence-electron chi connectivity index (χ3n) is 14.2. The predicted octanol–water partition coefficient (Wildman–Crippen LogP) is 23.2. The van der Waals surface area contributed by atoms with E-state index in [1.165, 1.54) is 135 Å². The highest BCUT2D eigenvalue weighted by Crippen LogP contribution is 2.15. The van der Waals surface area contributed by atoms with Crippen LogP contribution in [0.15, 0.2) is 122 Å². The first-order valence-electron chi connectivity index (χ1n) is 33.5. The standard InChI is InChI=1S/C74H124O6/c1-4-7-10-13-16-19-22-25-28-31-34-35-36-37-38-39-41-43-46-49-52-55-58-61-64-67-73(76)79-70-71(69-78-72(75)66-63-60-57-54-51-48-45-42-33-30-27-24-21-18-15-12-9-6-3)80-74(77)68-65-62-59-56-53-50-47-44-40-32-29-26-23-20-17-14-11-8-5-2/h7,10,16-17,19-20,25-26,28-30,33-35,37-38,40-41,43-44,71H,4-6,8-9,11-15,18,21-24,27,31-32,36,39,42,45-70H2,1-3H3/b10-7-,19-16-,20-17-,28-25-,29-26-,33-30-,35-34-,38-37-,43-41-,44-40-. The zero-order chi connectivity index (χ0) is 57.8. The Morgan fingerprint density at radius 3 is 0.800 bits per heavy atom. The third-order valence-corrected chi connectivity index (χ3v) is 14.2. The van der Waals surface area contributed by atoms with Gasteiger partial charge in [-0.25, -0.2) is 0 Å². The van der Waals surface area contributed by atoms with E-state index in [0.29, 0.717) is 19.3 Å². The lowest BCUT2D eigenvalue weighted by Gasteiger charge is -2.18. The zero-order valence-electron chi connectivity index (χ0n) is 52.3. The highest BCUT2D eigenvalue weighted by molar-refractivity contribution is 5.71. The predicted molar refractivity (Wildman–Crippen MR) is 348 cm³/mol. The first-order chi connectivity index (χ1) is 39.5. The molecule has 0 radical (unpaired) electrons. The van der Waals surface area contributed by atoms with Crippen LogP contribution in [0.2, 0.25) is 0 Å². The Bertz CT molecular complexity index is 1650. The van der Waals surface area contributed by atoms with Crippen LogP contribution < -0.4 is 0 Å². The van der Waals surface area contributed by atoms with Gasteiger partial charge in [-0.05, 0) is 135 Å². The quantitative estimate of drug-likeness (QED) is 0.0261. The van der Waals surface area contributed by atoms with Crippen molar-refractivity contribution in [2.75, 3.05) is 13.2 Å². The van der Waals surface area contributed by atoms with E-state index >= 15 is 0 Å². The molecule has 0 heterocycles. The minimum absolute atomic E-state index is 0.0921. The van der Waals surface area contributed by atoms with Gasteiger partial charge in [0, 0.05) is 19.3 Å². The van der Waals surface area contributed by atoms with Gasteiger partial charge >= 0.3 is 17.9 Å². The molecule has 0 fully saturated rings. The van der Waals surface area contributed by atoms with Gasteiger partial charge in [0.25, 0.3) is 0 Å². The average molecular weight is 1110 g/mol. The smallest absolute Gasteiger partial charge is 0.306 e. The highest BCUT2D eigenvalue weighted by atomic mass is 16.6. The van der Waals surface area contributed by atoms with Gasteiger partial charge in [-0.15, -0.1) is 0 Å². The topological polar surface area (TPSA) is 78.9 Å². The number of hydrogen-bond donors (Lipinski definition) is 0. The molecule has 0 rings (SSSR count). The summed E-state index contributed by atoms with van der Waals surface area (Å²) in [4.78, 5) is 38.4. The van der Waals surface area contributed by atoms with Crippen LogP contribution in [-0.2, 0) is 28.6 Å². The van der Waals surface area contributed by atoms with Gasteiger partial charge < -0.3 is 14.2 Å². The van der Waals surface area contributed by atoms with Gasteiger partial charge in [0.1, 0.15) is 13.2 Å². The summed E-state index contributed by atoms with van der Waals surface area (Å²) in [5.41, 5.74) is 0. The summed E-state index contributed by atoms with van der Waals surface area (Å²) in [5.74, 6) is -0.916. The lowest BCUT2D eigenvalue weighted by molar-refractivity contribution is -0.167. The molecule has 1 unspecified atom stereocenters. The second-order valence-corrected chi connectivity index (χ2v) is 22.0. The molecule has 0 saturated carbocycles. The summed E-state index contributed by atoms with van der Waals surface area (Å²) in [5, 5.41) is 0. The number of allylic oxidation sites excluding steroid dienone is 20. The summed E-state index contributed by atoms with van der Waals surface area (Å²) in [6.07, 6.45) is 93.4. The molecule has 0 bridgehead atoms. The number of carbonyl (C=O) groups is 3. The van der Waals surface area contributed by atoms with Crippen molar-refractivity contribution in [1.29, 1.82) is 0 Å². The maximum absolute atomic E-state index is 12.9. The van der Waals surface area contributed by atoms with Gasteiger partial charge in [-0.1, -0.05) is 277 Å². The lowest BCUT2D eigenvalue weighted by atomic mass is 10.1. The molecule has 0 N–H and O–H groups in total. The number of esters is 3. The van der Waals surface area contributed by atoms with Crippen molar-refractivity contribution in [1.82, 2.24) is 0 Å². The second-order valence-electron chi connectivity index (χ2n) is 22.0. The summed E-state index contributed by atoms with van der Waals surface area (Å²) >= 11 is 0. The normalized spacial score (nSPS) is 12.9. The van der Waals surface area contributed by atoms with Crippen LogP contribution >= 0.6 is 0 Å². The third kappa shape index (κ3) is 64.6. The minimum Gasteiger partial charge on any atom is -0.462 e. The monoisotopic (exact) mass is 1110 g/mol. The molecule has 0 aromatic carbocycles. The number of hydrogen-bond acceptors (Lipinski definition) is 6. The number of rotatable bonds is 60. The largest absolute Gasteiger partial charge is 0.462 e. The molecule has 6 nitrogen and oxygen atoms in total. The molecular weight excluding hydrogens is 985 g/mol. The minimum atomic E-state index is -0.799. The fourth-order valence-corrected chi connectivity index (χ4v) is 9.15. The molecule has 0 aromatic heterocycles. The number of carbonyl (C=O) groups excluding carboxylic acids is 3. The van der Waals surface area contributed by atoms with Crippen molar-refractivity contribution in [2.45, 2.75) is 316 Å². The molecule has 0 aromatic rings. The number of unbranched alkanes of at least 4 members (excludes halogenated alkanes) is 29. The molecule has 0 aliphatic rings. The molecule has 0 saturated heterocycles. The maximum atomic E-state index is 12.9. The van der Waals surface area contributed by atoms with E-state index in [2.05, 4.69) is 142 Å². The van der Waals surface area contributed by atoms with Crippen LogP contribution in [0.5, 0.6) is 0 Å². The van der Waals surface area contributed by atoms with E-state index in [9.17, 15) is 14.4 Å². The average Bonchev–Trinajstić information content (AvgIpc) is 3.46. The molecule has 6 heteroatoms. The van der Waals surface area contributed by atoms with Gasteiger partial charge in [0.2, 0.25) is 0 Å². The van der Waals surface area contributed by atoms with Gasteiger partial charge in [-0.2, -0.15) is 0 Å². The van der Waals surface area contributed by atoms with Crippen molar-refractivity contribution in [3.05, 3.63) is 122 Å². The van der Waals surface area contributed by atoms with Crippen molar-refractivity contribution >= 4 is 17.9 Å². The van der Waals surface area contributed by atoms with E-state index in [0.717, 1.165) is 135 Å². The van der Waals surface area contributed by atoms with Crippen LogP contribution in [0, 0.1) is 0 Å². The summed E-state index contributed by atoms with van der Waals surface area (Å²) in [7, 11) is 0. The maximum Gasteiger partial charge on any atom is 0.306 e. The lowest BCUT2D eigenvalue weighted by Crippen LogP contribution is -2.30. The molecule has 456 valence electrons. The summed E-state index contributed by atoms with van der Waals surface area (Å²) in [6.45, 7) is 6.49. The molecule has 80 heavy (non-hydrogen) atoms. The van der Waals surface area contributed by atoms with Crippen molar-refractivity contribution < 1.29 is 28.6 Å². The van der Waals surface area contributed by atoms with Crippen molar-refractivity contribution in [2.24, 2.45) is 0 Å². The Kier molecular flexibility index (Phi) is 63.8. The van der Waals surface area contributed by atoms with Crippen LogP contribution in [0.3, 0.4) is 0 Å². The molecule has 0 spiro atoms. The van der Waals surface area contributed by atoms with Crippen LogP contribution in [0.1, 0.15) is 310 Å². The summed E-state index contributed by atoms with van der Waals surface area (Å²) in [6, 6.07) is 0. The van der Waals surface area contributed by atoms with Crippen LogP contribution in [0.25, 0.3) is 0 Å². The molecule has 0 amide bonds. The zero-order valence-corrected chi connectivity index (χ0v) is 52.3. The molecule has 1 atom stereocenters. The first-order valence-corrected chi connectivity index (χ1v) is 33.5. The molecule has 0 aliphatic carbocycles. The van der Waals surface area contributed by atoms with Crippen LogP contribution in [0.4, 0.5) is 0 Å². The fraction of sp³-hybridized carbons (Fsp3) is 0.689. The Hall–Kier alpha value is -4.19. The van der Waals surface area contributed by atoms with E-state index in [1.807, 2.05) is 0 Å². The van der Waals surface area contributed by atoms with E-state index in [4.69, 9.17) is 14.2 Å². The fourth-order valence-electron chi connectivity index (χ4n) is 9.15. The second kappa shape index (κ2) is 67.3. The Morgan fingerprint density at radius 1 is 0.263 bits per heavy atom. The SMILES string of the molecule is CC/C=C\C/C=C\C/C=C\C/C=C\C/C=C\C/C=C\CCCCCCCCC(=O)OCC(COC(=O)CCCCCCCCC/C=C\CCCCCCCCC)OC(=O)CCCCCCCC/C=C\C/C=C\C/C=C\CCCCC. The van der Waals surface area contributed by atoms with Gasteiger partial charge in [0.05, 0.1) is 0 Å².